The third-order valence-corrected chi connectivity index (χ3v) is 4.76. The fraction of sp³-hybridized carbons (Fsp3) is 0.350. The summed E-state index contributed by atoms with van der Waals surface area (Å²) in [7, 11) is 1.60. The van der Waals surface area contributed by atoms with Crippen LogP contribution in [0.25, 0.3) is 0 Å². The van der Waals surface area contributed by atoms with Crippen LogP contribution >= 0.6 is 15.9 Å². The van der Waals surface area contributed by atoms with E-state index < -0.39 is 0 Å². The van der Waals surface area contributed by atoms with Crippen LogP contribution in [0.5, 0.6) is 0 Å². The van der Waals surface area contributed by atoms with Crippen molar-refractivity contribution in [3.63, 3.8) is 0 Å². The molecule has 144 valence electrons. The van der Waals surface area contributed by atoms with E-state index in [-0.39, 0.29) is 23.1 Å². The Labute approximate surface area is 167 Å². The van der Waals surface area contributed by atoms with Crippen molar-refractivity contribution in [3.8, 4) is 0 Å². The molecule has 0 aliphatic heterocycles. The standard InChI is InChI=1S/C20H24BrN3O3/c1-5-10-22-20(26)18-14(8-7-13(3)23-18)19(25)24-17-12(2)6-9-16(21)15(17)11-27-4/h6-9H,5,10-11H2,1-4H3,(H,22,26)(H,24,25). The van der Waals surface area contributed by atoms with Gasteiger partial charge in [0.05, 0.1) is 17.9 Å². The van der Waals surface area contributed by atoms with E-state index >= 15 is 0 Å². The van der Waals surface area contributed by atoms with Gasteiger partial charge in [0.15, 0.2) is 0 Å². The second-order valence-electron chi connectivity index (χ2n) is 6.21. The third-order valence-electron chi connectivity index (χ3n) is 4.02. The van der Waals surface area contributed by atoms with Crippen LogP contribution in [0.15, 0.2) is 28.7 Å². The molecular weight excluding hydrogens is 410 g/mol. The number of nitrogens with one attached hydrogen (secondary N) is 2. The Morgan fingerprint density at radius 1 is 1.15 bits per heavy atom. The number of amides is 2. The van der Waals surface area contributed by atoms with E-state index in [0.29, 0.717) is 24.5 Å². The van der Waals surface area contributed by atoms with Gasteiger partial charge in [-0.1, -0.05) is 28.9 Å². The Morgan fingerprint density at radius 3 is 2.56 bits per heavy atom. The minimum absolute atomic E-state index is 0.127. The number of carbonyl (C=O) groups excluding carboxylic acids is 2. The molecule has 2 aromatic rings. The molecule has 2 N–H and O–H groups in total. The summed E-state index contributed by atoms with van der Waals surface area (Å²) in [5.74, 6) is -0.739. The lowest BCUT2D eigenvalue weighted by molar-refractivity contribution is 0.0935. The molecule has 0 saturated carbocycles. The monoisotopic (exact) mass is 433 g/mol. The fourth-order valence-corrected chi connectivity index (χ4v) is 3.06. The van der Waals surface area contributed by atoms with Gasteiger partial charge in [-0.2, -0.15) is 0 Å². The predicted octanol–water partition coefficient (Wildman–Crippen LogP) is 4.00. The predicted molar refractivity (Wildman–Crippen MR) is 109 cm³/mol. The molecule has 0 fully saturated rings. The number of hydrogen-bond acceptors (Lipinski definition) is 4. The summed E-state index contributed by atoms with van der Waals surface area (Å²) in [5.41, 5.74) is 3.43. The van der Waals surface area contributed by atoms with Crippen molar-refractivity contribution >= 4 is 33.4 Å². The van der Waals surface area contributed by atoms with Crippen molar-refractivity contribution in [2.24, 2.45) is 0 Å². The minimum Gasteiger partial charge on any atom is -0.380 e. The first-order chi connectivity index (χ1) is 12.9. The van der Waals surface area contributed by atoms with E-state index in [1.54, 1.807) is 26.2 Å². The number of methoxy groups -OCH3 is 1. The van der Waals surface area contributed by atoms with Gasteiger partial charge in [0, 0.05) is 29.4 Å². The molecule has 0 atom stereocenters. The van der Waals surface area contributed by atoms with Gasteiger partial charge in [0.1, 0.15) is 5.69 Å². The molecule has 27 heavy (non-hydrogen) atoms. The Morgan fingerprint density at radius 2 is 1.89 bits per heavy atom. The van der Waals surface area contributed by atoms with Gasteiger partial charge in [0.25, 0.3) is 11.8 Å². The average Bonchev–Trinajstić information content (AvgIpc) is 2.65. The number of anilines is 1. The largest absolute Gasteiger partial charge is 0.380 e. The summed E-state index contributed by atoms with van der Waals surface area (Å²) in [5, 5.41) is 5.70. The summed E-state index contributed by atoms with van der Waals surface area (Å²) in [6.45, 7) is 6.52. The topological polar surface area (TPSA) is 80.3 Å². The van der Waals surface area contributed by atoms with Crippen molar-refractivity contribution in [1.29, 1.82) is 0 Å². The number of halogens is 1. The van der Waals surface area contributed by atoms with Gasteiger partial charge < -0.3 is 15.4 Å². The van der Waals surface area contributed by atoms with Crippen molar-refractivity contribution in [3.05, 3.63) is 56.8 Å². The van der Waals surface area contributed by atoms with Gasteiger partial charge in [-0.3, -0.25) is 9.59 Å². The Balaban J connectivity index is 2.40. The number of carbonyl (C=O) groups is 2. The molecule has 0 unspecified atom stereocenters. The number of hydrogen-bond donors (Lipinski definition) is 2. The summed E-state index contributed by atoms with van der Waals surface area (Å²) in [4.78, 5) is 29.7. The molecule has 1 heterocycles. The molecule has 0 aliphatic carbocycles. The number of pyridine rings is 1. The molecule has 6 nitrogen and oxygen atoms in total. The highest BCUT2D eigenvalue weighted by Crippen LogP contribution is 2.29. The highest BCUT2D eigenvalue weighted by Gasteiger charge is 2.21. The molecule has 0 spiro atoms. The number of rotatable bonds is 7. The third kappa shape index (κ3) is 5.14. The van der Waals surface area contributed by atoms with Crippen LogP contribution in [-0.4, -0.2) is 30.5 Å². The van der Waals surface area contributed by atoms with Crippen LogP contribution in [0, 0.1) is 13.8 Å². The summed E-state index contributed by atoms with van der Waals surface area (Å²) >= 11 is 3.50. The van der Waals surface area contributed by atoms with Crippen molar-refractivity contribution in [2.45, 2.75) is 33.8 Å². The summed E-state index contributed by atoms with van der Waals surface area (Å²) < 4.78 is 6.10. The van der Waals surface area contributed by atoms with E-state index in [2.05, 4.69) is 31.5 Å². The highest BCUT2D eigenvalue weighted by atomic mass is 79.9. The zero-order chi connectivity index (χ0) is 20.0. The molecule has 2 rings (SSSR count). The second kappa shape index (κ2) is 9.62. The average molecular weight is 434 g/mol. The number of benzene rings is 1. The van der Waals surface area contributed by atoms with Crippen LogP contribution in [0.4, 0.5) is 5.69 Å². The van der Waals surface area contributed by atoms with Crippen LogP contribution in [-0.2, 0) is 11.3 Å². The van der Waals surface area contributed by atoms with Crippen LogP contribution < -0.4 is 10.6 Å². The first kappa shape index (κ1) is 21.1. The maximum atomic E-state index is 13.0. The molecule has 7 heteroatoms. The van der Waals surface area contributed by atoms with Gasteiger partial charge in [-0.25, -0.2) is 4.98 Å². The Bertz CT molecular complexity index is 853. The zero-order valence-electron chi connectivity index (χ0n) is 16.0. The highest BCUT2D eigenvalue weighted by molar-refractivity contribution is 9.10. The van der Waals surface area contributed by atoms with Gasteiger partial charge >= 0.3 is 0 Å². The van der Waals surface area contributed by atoms with E-state index in [4.69, 9.17) is 4.74 Å². The fourth-order valence-electron chi connectivity index (χ4n) is 2.62. The number of ether oxygens (including phenoxy) is 1. The molecular formula is C20H24BrN3O3. The first-order valence-corrected chi connectivity index (χ1v) is 9.52. The molecule has 0 aliphatic rings. The Kier molecular flexibility index (Phi) is 7.50. The van der Waals surface area contributed by atoms with Crippen LogP contribution in [0.3, 0.4) is 0 Å². The SMILES string of the molecule is CCCNC(=O)c1nc(C)ccc1C(=O)Nc1c(C)ccc(Br)c1COC. The number of nitrogens with zero attached hydrogens (tertiary/aromatic N) is 1. The lowest BCUT2D eigenvalue weighted by atomic mass is 10.1. The zero-order valence-corrected chi connectivity index (χ0v) is 17.6. The number of aromatic nitrogens is 1. The van der Waals surface area contributed by atoms with E-state index in [0.717, 1.165) is 22.0 Å². The lowest BCUT2D eigenvalue weighted by Gasteiger charge is -2.16. The first-order valence-electron chi connectivity index (χ1n) is 8.73. The van der Waals surface area contributed by atoms with Gasteiger partial charge in [-0.05, 0) is 44.0 Å². The van der Waals surface area contributed by atoms with Crippen LogP contribution in [0.1, 0.15) is 51.0 Å². The van der Waals surface area contributed by atoms with E-state index in [1.165, 1.54) is 0 Å². The van der Waals surface area contributed by atoms with Gasteiger partial charge in [0.2, 0.25) is 0 Å². The molecule has 0 bridgehead atoms. The molecule has 1 aromatic carbocycles. The Hall–Kier alpha value is -2.25. The minimum atomic E-state index is -0.386. The smallest absolute Gasteiger partial charge is 0.270 e. The molecule has 2 amide bonds. The molecule has 0 radical (unpaired) electrons. The maximum Gasteiger partial charge on any atom is 0.270 e. The van der Waals surface area contributed by atoms with Crippen molar-refractivity contribution in [2.75, 3.05) is 19.0 Å². The van der Waals surface area contributed by atoms with Crippen LogP contribution in [0.2, 0.25) is 0 Å². The quantitative estimate of drug-likeness (QED) is 0.691. The van der Waals surface area contributed by atoms with E-state index in [1.807, 2.05) is 26.0 Å². The molecule has 1 aromatic heterocycles. The van der Waals surface area contributed by atoms with Crippen molar-refractivity contribution < 1.29 is 14.3 Å². The lowest BCUT2D eigenvalue weighted by Crippen LogP contribution is -2.28. The summed E-state index contributed by atoms with van der Waals surface area (Å²) in [6, 6.07) is 7.16. The molecule has 0 saturated heterocycles. The van der Waals surface area contributed by atoms with Crippen molar-refractivity contribution in [1.82, 2.24) is 10.3 Å². The number of aryl methyl sites for hydroxylation is 2. The van der Waals surface area contributed by atoms with E-state index in [9.17, 15) is 9.59 Å². The maximum absolute atomic E-state index is 13.0. The summed E-state index contributed by atoms with van der Waals surface area (Å²) in [6.07, 6.45) is 0.802. The van der Waals surface area contributed by atoms with Gasteiger partial charge in [-0.15, -0.1) is 0 Å². The second-order valence-corrected chi connectivity index (χ2v) is 7.06. The normalized spacial score (nSPS) is 10.6.